The minimum absolute atomic E-state index is 0.151. The summed E-state index contributed by atoms with van der Waals surface area (Å²) in [5, 5.41) is 1.92. The highest BCUT2D eigenvalue weighted by Gasteiger charge is 2.18. The molecule has 0 amide bonds. The number of aromatic nitrogens is 1. The average molecular weight is 242 g/mol. The molecule has 0 spiro atoms. The van der Waals surface area contributed by atoms with Crippen LogP contribution in [0.1, 0.15) is 12.6 Å². The van der Waals surface area contributed by atoms with Gasteiger partial charge in [-0.1, -0.05) is 11.3 Å². The van der Waals surface area contributed by atoms with Crippen LogP contribution in [0, 0.1) is 6.92 Å². The SMILES string of the molecule is Cc1csc(=O)n1CCN1CCOC[C@@H]1C. The molecule has 1 fully saturated rings. The Balaban J connectivity index is 1.94. The highest BCUT2D eigenvalue weighted by Crippen LogP contribution is 2.07. The molecule has 1 saturated heterocycles. The van der Waals surface area contributed by atoms with Crippen LogP contribution in [0.5, 0.6) is 0 Å². The molecule has 1 atom stereocenters. The standard InChI is InChI=1S/C11H18N2O2S/c1-9-7-15-6-5-12(9)3-4-13-10(2)8-16-11(13)14/h8-9H,3-7H2,1-2H3/t9-/m0/s1. The van der Waals surface area contributed by atoms with E-state index in [1.165, 1.54) is 11.3 Å². The number of morpholine rings is 1. The minimum Gasteiger partial charge on any atom is -0.379 e. The van der Waals surface area contributed by atoms with E-state index in [4.69, 9.17) is 4.74 Å². The third-order valence-corrected chi connectivity index (χ3v) is 3.97. The molecule has 1 aliphatic rings. The van der Waals surface area contributed by atoms with Crippen molar-refractivity contribution in [1.29, 1.82) is 0 Å². The van der Waals surface area contributed by atoms with Crippen LogP contribution < -0.4 is 4.87 Å². The van der Waals surface area contributed by atoms with Crippen LogP contribution in [-0.4, -0.2) is 41.8 Å². The third kappa shape index (κ3) is 2.53. The molecule has 2 rings (SSSR count). The van der Waals surface area contributed by atoms with Gasteiger partial charge in [0.1, 0.15) is 0 Å². The topological polar surface area (TPSA) is 34.5 Å². The molecule has 0 aromatic carbocycles. The van der Waals surface area contributed by atoms with E-state index in [0.29, 0.717) is 6.04 Å². The van der Waals surface area contributed by atoms with Crippen LogP contribution >= 0.6 is 11.3 Å². The fourth-order valence-corrected chi connectivity index (χ4v) is 2.76. The molecule has 1 aliphatic heterocycles. The van der Waals surface area contributed by atoms with Crippen LogP contribution in [0.3, 0.4) is 0 Å². The summed E-state index contributed by atoms with van der Waals surface area (Å²) in [6, 6.07) is 0.461. The summed E-state index contributed by atoms with van der Waals surface area (Å²) in [6.45, 7) is 8.46. The molecule has 5 heteroatoms. The Kier molecular flexibility index (Phi) is 3.78. The first-order valence-corrected chi connectivity index (χ1v) is 6.53. The quantitative estimate of drug-likeness (QED) is 0.791. The van der Waals surface area contributed by atoms with Gasteiger partial charge < -0.3 is 9.30 Å². The fourth-order valence-electron chi connectivity index (χ4n) is 2.00. The molecule has 2 heterocycles. The molecule has 0 radical (unpaired) electrons. The summed E-state index contributed by atoms with van der Waals surface area (Å²) in [5.74, 6) is 0. The van der Waals surface area contributed by atoms with Gasteiger partial charge in [0.15, 0.2) is 0 Å². The number of hydrogen-bond acceptors (Lipinski definition) is 4. The normalized spacial score (nSPS) is 22.5. The number of hydrogen-bond donors (Lipinski definition) is 0. The maximum Gasteiger partial charge on any atom is 0.307 e. The predicted molar refractivity (Wildman–Crippen MR) is 65.2 cm³/mol. The van der Waals surface area contributed by atoms with Crippen molar-refractivity contribution in [2.75, 3.05) is 26.3 Å². The van der Waals surface area contributed by atoms with Crippen molar-refractivity contribution >= 4 is 11.3 Å². The molecule has 1 aromatic heterocycles. The van der Waals surface area contributed by atoms with Gasteiger partial charge in [0.2, 0.25) is 0 Å². The number of thiazole rings is 1. The molecule has 16 heavy (non-hydrogen) atoms. The van der Waals surface area contributed by atoms with Crippen LogP contribution in [0.25, 0.3) is 0 Å². The van der Waals surface area contributed by atoms with Crippen molar-refractivity contribution in [2.24, 2.45) is 0 Å². The summed E-state index contributed by atoms with van der Waals surface area (Å²) in [4.78, 5) is 14.1. The molecule has 1 aromatic rings. The van der Waals surface area contributed by atoms with Crippen molar-refractivity contribution in [2.45, 2.75) is 26.4 Å². The molecule has 0 unspecified atom stereocenters. The molecule has 0 aliphatic carbocycles. The zero-order chi connectivity index (χ0) is 11.5. The number of ether oxygens (including phenoxy) is 1. The number of rotatable bonds is 3. The Bertz CT molecular complexity index is 399. The molecular formula is C11H18N2O2S. The van der Waals surface area contributed by atoms with Crippen molar-refractivity contribution in [1.82, 2.24) is 9.47 Å². The summed E-state index contributed by atoms with van der Waals surface area (Å²) in [7, 11) is 0. The van der Waals surface area contributed by atoms with Gasteiger partial charge in [-0.25, -0.2) is 0 Å². The first-order valence-electron chi connectivity index (χ1n) is 5.65. The predicted octanol–water partition coefficient (Wildman–Crippen LogP) is 0.939. The third-order valence-electron chi connectivity index (χ3n) is 3.09. The second-order valence-corrected chi connectivity index (χ2v) is 5.08. The molecule has 4 nitrogen and oxygen atoms in total. The zero-order valence-electron chi connectivity index (χ0n) is 9.81. The minimum atomic E-state index is 0.151. The Morgan fingerprint density at radius 1 is 1.56 bits per heavy atom. The van der Waals surface area contributed by atoms with Crippen molar-refractivity contribution in [3.05, 3.63) is 20.7 Å². The van der Waals surface area contributed by atoms with Gasteiger partial charge in [-0.3, -0.25) is 9.69 Å². The maximum atomic E-state index is 11.5. The maximum absolute atomic E-state index is 11.5. The first kappa shape index (κ1) is 11.8. The molecular weight excluding hydrogens is 224 g/mol. The lowest BCUT2D eigenvalue weighted by Crippen LogP contribution is -2.45. The zero-order valence-corrected chi connectivity index (χ0v) is 10.6. The molecule has 0 bridgehead atoms. The Labute approximate surface area is 99.4 Å². The second-order valence-electron chi connectivity index (χ2n) is 4.25. The largest absolute Gasteiger partial charge is 0.379 e. The highest BCUT2D eigenvalue weighted by molar-refractivity contribution is 7.07. The van der Waals surface area contributed by atoms with Crippen LogP contribution in [0.15, 0.2) is 10.2 Å². The Morgan fingerprint density at radius 3 is 3.00 bits per heavy atom. The van der Waals surface area contributed by atoms with E-state index in [-0.39, 0.29) is 4.87 Å². The summed E-state index contributed by atoms with van der Waals surface area (Å²) in [6.07, 6.45) is 0. The smallest absolute Gasteiger partial charge is 0.307 e. The monoisotopic (exact) mass is 242 g/mol. The van der Waals surface area contributed by atoms with Crippen LogP contribution in [-0.2, 0) is 11.3 Å². The fraction of sp³-hybridized carbons (Fsp3) is 0.727. The van der Waals surface area contributed by atoms with Crippen molar-refractivity contribution in [3.8, 4) is 0 Å². The first-order chi connectivity index (χ1) is 7.68. The van der Waals surface area contributed by atoms with Gasteiger partial charge in [-0.2, -0.15) is 0 Å². The van der Waals surface area contributed by atoms with E-state index in [1.54, 1.807) is 0 Å². The lowest BCUT2D eigenvalue weighted by Gasteiger charge is -2.33. The van der Waals surface area contributed by atoms with Crippen molar-refractivity contribution < 1.29 is 4.74 Å². The second kappa shape index (κ2) is 5.12. The van der Waals surface area contributed by atoms with Crippen LogP contribution in [0.2, 0.25) is 0 Å². The van der Waals surface area contributed by atoms with Crippen molar-refractivity contribution in [3.63, 3.8) is 0 Å². The summed E-state index contributed by atoms with van der Waals surface area (Å²) >= 11 is 1.28. The van der Waals surface area contributed by atoms with E-state index in [1.807, 2.05) is 16.9 Å². The van der Waals surface area contributed by atoms with Gasteiger partial charge in [-0.05, 0) is 13.8 Å². The van der Waals surface area contributed by atoms with Gasteiger partial charge in [-0.15, -0.1) is 0 Å². The lowest BCUT2D eigenvalue weighted by atomic mass is 10.2. The highest BCUT2D eigenvalue weighted by atomic mass is 32.1. The Hall–Kier alpha value is -0.650. The van der Waals surface area contributed by atoms with E-state index in [0.717, 1.165) is 38.5 Å². The van der Waals surface area contributed by atoms with Gasteiger partial charge in [0, 0.05) is 36.8 Å². The van der Waals surface area contributed by atoms with E-state index < -0.39 is 0 Å². The molecule has 0 saturated carbocycles. The van der Waals surface area contributed by atoms with E-state index >= 15 is 0 Å². The van der Waals surface area contributed by atoms with E-state index in [2.05, 4.69) is 11.8 Å². The van der Waals surface area contributed by atoms with Gasteiger partial charge in [0.05, 0.1) is 13.2 Å². The average Bonchev–Trinajstić information content (AvgIpc) is 2.58. The number of nitrogens with zero attached hydrogens (tertiary/aromatic N) is 2. The van der Waals surface area contributed by atoms with Gasteiger partial charge in [0.25, 0.3) is 0 Å². The Morgan fingerprint density at radius 2 is 2.38 bits per heavy atom. The van der Waals surface area contributed by atoms with E-state index in [9.17, 15) is 4.79 Å². The van der Waals surface area contributed by atoms with Crippen LogP contribution in [0.4, 0.5) is 0 Å². The molecule has 90 valence electrons. The lowest BCUT2D eigenvalue weighted by molar-refractivity contribution is -0.00176. The van der Waals surface area contributed by atoms with Gasteiger partial charge >= 0.3 is 4.87 Å². The number of aryl methyl sites for hydroxylation is 1. The molecule has 0 N–H and O–H groups in total. The summed E-state index contributed by atoms with van der Waals surface area (Å²) in [5.41, 5.74) is 1.07. The summed E-state index contributed by atoms with van der Waals surface area (Å²) < 4.78 is 7.24.